The third-order valence-corrected chi connectivity index (χ3v) is 7.17. The van der Waals surface area contributed by atoms with E-state index in [0.717, 1.165) is 22.1 Å². The van der Waals surface area contributed by atoms with Crippen molar-refractivity contribution in [2.75, 3.05) is 17.1 Å². The quantitative estimate of drug-likeness (QED) is 0.313. The van der Waals surface area contributed by atoms with Gasteiger partial charge in [0.05, 0.1) is 12.0 Å². The van der Waals surface area contributed by atoms with Crippen LogP contribution in [0.2, 0.25) is 0 Å². The summed E-state index contributed by atoms with van der Waals surface area (Å²) in [5, 5.41) is 18.6. The summed E-state index contributed by atoms with van der Waals surface area (Å²) in [6, 6.07) is 23.2. The summed E-state index contributed by atoms with van der Waals surface area (Å²) in [7, 11) is -2.23. The molecule has 11 nitrogen and oxygen atoms in total. The number of aromatic nitrogens is 6. The lowest BCUT2D eigenvalue weighted by atomic mass is 10.1. The van der Waals surface area contributed by atoms with E-state index in [1.807, 2.05) is 48.5 Å². The molecule has 0 bridgehead atoms. The fourth-order valence-corrected chi connectivity index (χ4v) is 4.94. The molecule has 0 unspecified atom stereocenters. The highest BCUT2D eigenvalue weighted by Gasteiger charge is 2.17. The first-order valence-electron chi connectivity index (χ1n) is 11.5. The van der Waals surface area contributed by atoms with Crippen LogP contribution in [0, 0.1) is 0 Å². The molecule has 12 heteroatoms. The van der Waals surface area contributed by atoms with E-state index in [1.54, 1.807) is 29.8 Å². The van der Waals surface area contributed by atoms with Crippen molar-refractivity contribution in [2.24, 2.45) is 0 Å². The highest BCUT2D eigenvalue weighted by Crippen LogP contribution is 2.30. The molecule has 3 heterocycles. The largest absolute Gasteiger partial charge is 0.497 e. The number of rotatable bonds is 7. The second kappa shape index (κ2) is 9.41. The maximum absolute atomic E-state index is 12.7. The van der Waals surface area contributed by atoms with Gasteiger partial charge in [0.2, 0.25) is 5.95 Å². The van der Waals surface area contributed by atoms with Crippen LogP contribution in [0.3, 0.4) is 0 Å². The normalized spacial score (nSPS) is 11.5. The van der Waals surface area contributed by atoms with Crippen molar-refractivity contribution >= 4 is 43.9 Å². The van der Waals surface area contributed by atoms with Crippen molar-refractivity contribution in [2.45, 2.75) is 4.90 Å². The van der Waals surface area contributed by atoms with Gasteiger partial charge in [-0.3, -0.25) is 0 Å². The molecule has 0 fully saturated rings. The van der Waals surface area contributed by atoms with Gasteiger partial charge in [0.25, 0.3) is 10.0 Å². The molecule has 0 saturated carbocycles. The molecule has 0 aliphatic rings. The van der Waals surface area contributed by atoms with Crippen LogP contribution in [0.4, 0.5) is 17.5 Å². The summed E-state index contributed by atoms with van der Waals surface area (Å²) >= 11 is 0. The van der Waals surface area contributed by atoms with Gasteiger partial charge in [-0.2, -0.15) is 4.52 Å². The standard InChI is InChI=1S/C26H20N8O3S/c1-37-19-11-7-17(8-12-19)24-30-31-25-22-6-3-2-5-21(22)23(32-34(24)25)29-18-9-13-20(14-10-18)38(35,36)33-26-27-15-4-16-28-26/h2-16H,1H3,(H,29,32)(H,27,28,33). The number of nitrogens with zero attached hydrogens (tertiary/aromatic N) is 6. The summed E-state index contributed by atoms with van der Waals surface area (Å²) in [4.78, 5) is 7.89. The van der Waals surface area contributed by atoms with Crippen LogP contribution in [-0.2, 0) is 10.0 Å². The number of sulfonamides is 1. The fourth-order valence-electron chi connectivity index (χ4n) is 3.98. The minimum atomic E-state index is -3.85. The Labute approximate surface area is 217 Å². The molecule has 0 spiro atoms. The topological polar surface area (TPSA) is 136 Å². The third kappa shape index (κ3) is 4.33. The van der Waals surface area contributed by atoms with E-state index in [-0.39, 0.29) is 10.8 Å². The molecule has 0 aliphatic heterocycles. The summed E-state index contributed by atoms with van der Waals surface area (Å²) in [5.74, 6) is 1.88. The second-order valence-corrected chi connectivity index (χ2v) is 9.89. The predicted octanol–water partition coefficient (Wildman–Crippen LogP) is 4.29. The van der Waals surface area contributed by atoms with Crippen molar-refractivity contribution in [1.29, 1.82) is 0 Å². The summed E-state index contributed by atoms with van der Waals surface area (Å²) < 4.78 is 34.8. The Balaban J connectivity index is 1.36. The monoisotopic (exact) mass is 524 g/mol. The minimum Gasteiger partial charge on any atom is -0.497 e. The van der Waals surface area contributed by atoms with Crippen molar-refractivity contribution in [3.05, 3.63) is 91.3 Å². The van der Waals surface area contributed by atoms with Crippen LogP contribution >= 0.6 is 0 Å². The molecule has 188 valence electrons. The van der Waals surface area contributed by atoms with Crippen LogP contribution in [0.1, 0.15) is 0 Å². The fraction of sp³-hybridized carbons (Fsp3) is 0.0385. The van der Waals surface area contributed by atoms with Gasteiger partial charge in [-0.15, -0.1) is 15.3 Å². The van der Waals surface area contributed by atoms with Gasteiger partial charge in [0.15, 0.2) is 17.3 Å². The Morgan fingerprint density at radius 2 is 1.53 bits per heavy atom. The number of benzene rings is 3. The lowest BCUT2D eigenvalue weighted by molar-refractivity contribution is 0.415. The molecule has 2 N–H and O–H groups in total. The van der Waals surface area contributed by atoms with Gasteiger partial charge in [-0.1, -0.05) is 24.3 Å². The number of ether oxygens (including phenoxy) is 1. The minimum absolute atomic E-state index is 0.000259. The predicted molar refractivity (Wildman–Crippen MR) is 143 cm³/mol. The first-order chi connectivity index (χ1) is 18.5. The highest BCUT2D eigenvalue weighted by molar-refractivity contribution is 7.92. The van der Waals surface area contributed by atoms with E-state index < -0.39 is 10.0 Å². The van der Waals surface area contributed by atoms with E-state index >= 15 is 0 Å². The summed E-state index contributed by atoms with van der Waals surface area (Å²) in [5.41, 5.74) is 2.10. The summed E-state index contributed by atoms with van der Waals surface area (Å²) in [6.45, 7) is 0. The van der Waals surface area contributed by atoms with Crippen molar-refractivity contribution in [3.8, 4) is 17.1 Å². The molecule has 3 aromatic carbocycles. The van der Waals surface area contributed by atoms with E-state index in [0.29, 0.717) is 23.0 Å². The van der Waals surface area contributed by atoms with Crippen LogP contribution < -0.4 is 14.8 Å². The Kier molecular flexibility index (Phi) is 5.77. The Hall–Kier alpha value is -5.10. The molecule has 38 heavy (non-hydrogen) atoms. The zero-order valence-corrected chi connectivity index (χ0v) is 20.8. The highest BCUT2D eigenvalue weighted by atomic mass is 32.2. The maximum atomic E-state index is 12.7. The number of methoxy groups -OCH3 is 1. The average molecular weight is 525 g/mol. The van der Waals surface area contributed by atoms with E-state index in [9.17, 15) is 8.42 Å². The van der Waals surface area contributed by atoms with Gasteiger partial charge in [0.1, 0.15) is 5.75 Å². The molecule has 0 amide bonds. The van der Waals surface area contributed by atoms with Crippen LogP contribution in [-0.4, -0.2) is 45.3 Å². The number of hydrogen-bond acceptors (Lipinski definition) is 9. The average Bonchev–Trinajstić information content (AvgIpc) is 3.38. The number of anilines is 3. The molecule has 3 aromatic heterocycles. The number of hydrogen-bond donors (Lipinski definition) is 2. The molecule has 6 aromatic rings. The molecule has 0 saturated heterocycles. The van der Waals surface area contributed by atoms with E-state index in [2.05, 4.69) is 30.2 Å². The van der Waals surface area contributed by atoms with Gasteiger partial charge < -0.3 is 10.1 Å². The number of fused-ring (bicyclic) bond motifs is 3. The molecule has 0 aliphatic carbocycles. The first-order valence-corrected chi connectivity index (χ1v) is 13.0. The maximum Gasteiger partial charge on any atom is 0.264 e. The van der Waals surface area contributed by atoms with Crippen molar-refractivity contribution in [1.82, 2.24) is 29.8 Å². The smallest absolute Gasteiger partial charge is 0.264 e. The second-order valence-electron chi connectivity index (χ2n) is 8.21. The third-order valence-electron chi connectivity index (χ3n) is 5.83. The molecule has 0 atom stereocenters. The first kappa shape index (κ1) is 23.3. The molecular weight excluding hydrogens is 504 g/mol. The van der Waals surface area contributed by atoms with Crippen molar-refractivity contribution in [3.63, 3.8) is 0 Å². The lowest BCUT2D eigenvalue weighted by Crippen LogP contribution is -2.14. The van der Waals surface area contributed by atoms with Crippen LogP contribution in [0.15, 0.2) is 96.2 Å². The Morgan fingerprint density at radius 1 is 0.816 bits per heavy atom. The van der Waals surface area contributed by atoms with Gasteiger partial charge in [-0.25, -0.2) is 23.1 Å². The van der Waals surface area contributed by atoms with E-state index in [4.69, 9.17) is 9.84 Å². The summed E-state index contributed by atoms with van der Waals surface area (Å²) in [6.07, 6.45) is 2.92. The number of nitrogens with one attached hydrogen (secondary N) is 2. The van der Waals surface area contributed by atoms with Crippen LogP contribution in [0.25, 0.3) is 27.8 Å². The van der Waals surface area contributed by atoms with Gasteiger partial charge in [-0.05, 0) is 54.6 Å². The van der Waals surface area contributed by atoms with E-state index in [1.165, 1.54) is 24.5 Å². The molecule has 6 rings (SSSR count). The molecule has 0 radical (unpaired) electrons. The van der Waals surface area contributed by atoms with Crippen LogP contribution in [0.5, 0.6) is 5.75 Å². The zero-order valence-electron chi connectivity index (χ0n) is 20.0. The van der Waals surface area contributed by atoms with Gasteiger partial charge >= 0.3 is 0 Å². The SMILES string of the molecule is COc1ccc(-c2nnc3c4ccccc4c(Nc4ccc(S(=O)(=O)Nc5ncccn5)cc4)nn23)cc1. The Bertz CT molecular complexity index is 1860. The molecular formula is C26H20N8O3S. The lowest BCUT2D eigenvalue weighted by Gasteiger charge is -2.12. The zero-order chi connectivity index (χ0) is 26.1. The van der Waals surface area contributed by atoms with Gasteiger partial charge in [0, 0.05) is 34.4 Å². The van der Waals surface area contributed by atoms with Crippen molar-refractivity contribution < 1.29 is 13.2 Å². The Morgan fingerprint density at radius 3 is 2.24 bits per heavy atom.